The van der Waals surface area contributed by atoms with Crippen LogP contribution in [0.4, 0.5) is 0 Å². The standard InChI is InChI=1S/C16H17BrO3/c1-18-14-7-6-13(11-4-2-3-5-12(11)14)16(17)15-10-19-8-9-20-15/h2-7,15-16H,8-10H2,1H3. The molecule has 3 rings (SSSR count). The molecule has 0 saturated carbocycles. The first-order valence-electron chi connectivity index (χ1n) is 6.70. The average molecular weight is 337 g/mol. The van der Waals surface area contributed by atoms with Gasteiger partial charge in [-0.3, -0.25) is 0 Å². The molecule has 0 N–H and O–H groups in total. The van der Waals surface area contributed by atoms with Gasteiger partial charge in [0.2, 0.25) is 0 Å². The molecule has 4 heteroatoms. The summed E-state index contributed by atoms with van der Waals surface area (Å²) in [5.41, 5.74) is 1.21. The van der Waals surface area contributed by atoms with Crippen molar-refractivity contribution in [1.82, 2.24) is 0 Å². The molecular weight excluding hydrogens is 320 g/mol. The Kier molecular flexibility index (Phi) is 4.24. The first-order chi connectivity index (χ1) is 9.81. The number of hydrogen-bond acceptors (Lipinski definition) is 3. The molecular formula is C16H17BrO3. The van der Waals surface area contributed by atoms with Crippen LogP contribution >= 0.6 is 15.9 Å². The maximum absolute atomic E-state index is 5.80. The van der Waals surface area contributed by atoms with Crippen LogP contribution in [-0.4, -0.2) is 33.0 Å². The monoisotopic (exact) mass is 336 g/mol. The Morgan fingerprint density at radius 2 is 1.95 bits per heavy atom. The van der Waals surface area contributed by atoms with Crippen molar-refractivity contribution in [2.24, 2.45) is 0 Å². The minimum atomic E-state index is 0.0422. The fraction of sp³-hybridized carbons (Fsp3) is 0.375. The number of alkyl halides is 1. The highest BCUT2D eigenvalue weighted by Gasteiger charge is 2.26. The zero-order valence-corrected chi connectivity index (χ0v) is 12.9. The molecule has 0 aliphatic carbocycles. The van der Waals surface area contributed by atoms with Crippen molar-refractivity contribution < 1.29 is 14.2 Å². The predicted molar refractivity (Wildman–Crippen MR) is 82.7 cm³/mol. The van der Waals surface area contributed by atoms with E-state index in [1.165, 1.54) is 10.9 Å². The fourth-order valence-corrected chi connectivity index (χ4v) is 3.29. The third kappa shape index (κ3) is 2.55. The lowest BCUT2D eigenvalue weighted by molar-refractivity contribution is -0.0875. The molecule has 2 unspecified atom stereocenters. The van der Waals surface area contributed by atoms with Crippen molar-refractivity contribution >= 4 is 26.7 Å². The highest BCUT2D eigenvalue weighted by molar-refractivity contribution is 9.09. The van der Waals surface area contributed by atoms with E-state index in [9.17, 15) is 0 Å². The van der Waals surface area contributed by atoms with Crippen LogP contribution in [0, 0.1) is 0 Å². The minimum Gasteiger partial charge on any atom is -0.496 e. The Labute approximate surface area is 127 Å². The van der Waals surface area contributed by atoms with Gasteiger partial charge >= 0.3 is 0 Å². The zero-order chi connectivity index (χ0) is 13.9. The molecule has 1 saturated heterocycles. The second-order valence-corrected chi connectivity index (χ2v) is 5.78. The summed E-state index contributed by atoms with van der Waals surface area (Å²) in [4.78, 5) is 0.110. The van der Waals surface area contributed by atoms with Gasteiger partial charge in [-0.2, -0.15) is 0 Å². The molecule has 0 aromatic heterocycles. The van der Waals surface area contributed by atoms with Crippen molar-refractivity contribution in [3.8, 4) is 5.75 Å². The van der Waals surface area contributed by atoms with Crippen LogP contribution in [0.25, 0.3) is 10.8 Å². The number of hydrogen-bond donors (Lipinski definition) is 0. The number of rotatable bonds is 3. The predicted octanol–water partition coefficient (Wildman–Crippen LogP) is 3.70. The Morgan fingerprint density at radius 1 is 1.15 bits per heavy atom. The van der Waals surface area contributed by atoms with E-state index in [1.54, 1.807) is 7.11 Å². The van der Waals surface area contributed by atoms with Crippen LogP contribution in [0.15, 0.2) is 36.4 Å². The molecule has 2 aromatic rings. The minimum absolute atomic E-state index is 0.0422. The molecule has 1 aliphatic heterocycles. The SMILES string of the molecule is COc1ccc(C(Br)C2COCCO2)c2ccccc12. The van der Waals surface area contributed by atoms with Gasteiger partial charge in [-0.1, -0.05) is 46.3 Å². The number of fused-ring (bicyclic) bond motifs is 1. The van der Waals surface area contributed by atoms with Gasteiger partial charge in [-0.25, -0.2) is 0 Å². The van der Waals surface area contributed by atoms with Crippen LogP contribution in [0.5, 0.6) is 5.75 Å². The van der Waals surface area contributed by atoms with Gasteiger partial charge in [0.05, 0.1) is 37.9 Å². The number of methoxy groups -OCH3 is 1. The van der Waals surface area contributed by atoms with Crippen LogP contribution in [0.2, 0.25) is 0 Å². The molecule has 1 fully saturated rings. The van der Waals surface area contributed by atoms with Crippen LogP contribution < -0.4 is 4.74 Å². The summed E-state index contributed by atoms with van der Waals surface area (Å²) < 4.78 is 16.7. The largest absolute Gasteiger partial charge is 0.496 e. The lowest BCUT2D eigenvalue weighted by Crippen LogP contribution is -2.31. The van der Waals surface area contributed by atoms with Gasteiger partial charge < -0.3 is 14.2 Å². The van der Waals surface area contributed by atoms with Crippen LogP contribution in [-0.2, 0) is 9.47 Å². The van der Waals surface area contributed by atoms with Gasteiger partial charge in [-0.15, -0.1) is 0 Å². The third-order valence-corrected chi connectivity index (χ3v) is 4.69. The quantitative estimate of drug-likeness (QED) is 0.800. The van der Waals surface area contributed by atoms with Crippen molar-refractivity contribution in [3.05, 3.63) is 42.0 Å². The fourth-order valence-electron chi connectivity index (χ4n) is 2.59. The van der Waals surface area contributed by atoms with Crippen molar-refractivity contribution in [1.29, 1.82) is 0 Å². The molecule has 2 aromatic carbocycles. The highest BCUT2D eigenvalue weighted by atomic mass is 79.9. The number of halogens is 1. The molecule has 0 bridgehead atoms. The van der Waals surface area contributed by atoms with Crippen LogP contribution in [0.3, 0.4) is 0 Å². The average Bonchev–Trinajstić information content (AvgIpc) is 2.54. The molecule has 1 heterocycles. The Bertz CT molecular complexity index is 593. The van der Waals surface area contributed by atoms with E-state index in [0.29, 0.717) is 19.8 Å². The van der Waals surface area contributed by atoms with Gasteiger partial charge in [0.25, 0.3) is 0 Å². The van der Waals surface area contributed by atoms with Crippen molar-refractivity contribution in [2.45, 2.75) is 10.9 Å². The Hall–Kier alpha value is -1.10. The van der Waals surface area contributed by atoms with Gasteiger partial charge in [0.1, 0.15) is 5.75 Å². The van der Waals surface area contributed by atoms with Gasteiger partial charge in [0.15, 0.2) is 0 Å². The van der Waals surface area contributed by atoms with E-state index in [4.69, 9.17) is 14.2 Å². The summed E-state index contributed by atoms with van der Waals surface area (Å²) in [6.45, 7) is 1.96. The summed E-state index contributed by atoms with van der Waals surface area (Å²) in [6.07, 6.45) is 0.0422. The van der Waals surface area contributed by atoms with E-state index in [2.05, 4.69) is 34.1 Å². The van der Waals surface area contributed by atoms with E-state index in [1.807, 2.05) is 18.2 Å². The van der Waals surface area contributed by atoms with E-state index >= 15 is 0 Å². The van der Waals surface area contributed by atoms with Crippen molar-refractivity contribution in [2.75, 3.05) is 26.9 Å². The second-order valence-electron chi connectivity index (χ2n) is 4.79. The van der Waals surface area contributed by atoms with E-state index in [-0.39, 0.29) is 10.9 Å². The normalized spacial score (nSPS) is 20.8. The summed E-state index contributed by atoms with van der Waals surface area (Å²) in [6, 6.07) is 12.4. The Morgan fingerprint density at radius 3 is 2.65 bits per heavy atom. The first kappa shape index (κ1) is 13.9. The number of ether oxygens (including phenoxy) is 3. The second kappa shape index (κ2) is 6.12. The Balaban J connectivity index is 2.02. The maximum atomic E-state index is 5.80. The zero-order valence-electron chi connectivity index (χ0n) is 11.3. The van der Waals surface area contributed by atoms with Crippen molar-refractivity contribution in [3.63, 3.8) is 0 Å². The summed E-state index contributed by atoms with van der Waals surface area (Å²) in [5.74, 6) is 0.893. The molecule has 0 radical (unpaired) electrons. The molecule has 1 aliphatic rings. The summed E-state index contributed by atoms with van der Waals surface area (Å²) in [7, 11) is 1.70. The lowest BCUT2D eigenvalue weighted by Gasteiger charge is -2.28. The lowest BCUT2D eigenvalue weighted by atomic mass is 9.99. The van der Waals surface area contributed by atoms with E-state index < -0.39 is 0 Å². The molecule has 2 atom stereocenters. The highest BCUT2D eigenvalue weighted by Crippen LogP contribution is 2.37. The molecule has 106 valence electrons. The van der Waals surface area contributed by atoms with Gasteiger partial charge in [-0.05, 0) is 17.0 Å². The van der Waals surface area contributed by atoms with E-state index in [0.717, 1.165) is 11.1 Å². The summed E-state index contributed by atoms with van der Waals surface area (Å²) in [5, 5.41) is 2.30. The smallest absolute Gasteiger partial charge is 0.126 e. The summed E-state index contributed by atoms with van der Waals surface area (Å²) >= 11 is 3.77. The molecule has 3 nitrogen and oxygen atoms in total. The molecule has 0 amide bonds. The first-order valence-corrected chi connectivity index (χ1v) is 7.62. The topological polar surface area (TPSA) is 27.7 Å². The number of benzene rings is 2. The van der Waals surface area contributed by atoms with Crippen LogP contribution in [0.1, 0.15) is 10.4 Å². The third-order valence-electron chi connectivity index (χ3n) is 3.60. The van der Waals surface area contributed by atoms with Gasteiger partial charge in [0, 0.05) is 5.39 Å². The molecule has 0 spiro atoms. The molecule has 20 heavy (non-hydrogen) atoms. The maximum Gasteiger partial charge on any atom is 0.126 e.